The number of morpholine rings is 1. The molecule has 1 fully saturated rings. The van der Waals surface area contributed by atoms with Gasteiger partial charge < -0.3 is 9.64 Å². The molecule has 0 radical (unpaired) electrons. The molecule has 0 aliphatic carbocycles. The molecule has 0 atom stereocenters. The van der Waals surface area contributed by atoms with Crippen LogP contribution in [-0.2, 0) is 4.74 Å². The summed E-state index contributed by atoms with van der Waals surface area (Å²) in [7, 11) is 0. The van der Waals surface area contributed by atoms with E-state index in [1.807, 2.05) is 23.9 Å². The zero-order valence-electron chi connectivity index (χ0n) is 13.9. The van der Waals surface area contributed by atoms with Crippen LogP contribution >= 0.6 is 0 Å². The molecular formula is C16H23N5O. The third-order valence-electron chi connectivity index (χ3n) is 3.70. The van der Waals surface area contributed by atoms with Crippen LogP contribution in [0.15, 0.2) is 24.8 Å². The second-order valence-corrected chi connectivity index (χ2v) is 7.06. The fourth-order valence-electron chi connectivity index (χ4n) is 3.18. The zero-order chi connectivity index (χ0) is 16.0. The Morgan fingerprint density at radius 3 is 2.27 bits per heavy atom. The van der Waals surface area contributed by atoms with Crippen molar-refractivity contribution in [3.05, 3.63) is 30.6 Å². The quantitative estimate of drug-likeness (QED) is 0.852. The second-order valence-electron chi connectivity index (χ2n) is 7.06. The average molecular weight is 301 g/mol. The van der Waals surface area contributed by atoms with Gasteiger partial charge in [-0.3, -0.25) is 9.55 Å². The average Bonchev–Trinajstić information content (AvgIpc) is 2.81. The lowest BCUT2D eigenvalue weighted by atomic mass is 9.99. The smallest absolute Gasteiger partial charge is 0.159 e. The first-order valence-corrected chi connectivity index (χ1v) is 7.53. The van der Waals surface area contributed by atoms with Gasteiger partial charge in [0.25, 0.3) is 0 Å². The summed E-state index contributed by atoms with van der Waals surface area (Å²) in [5.74, 6) is 2.55. The summed E-state index contributed by atoms with van der Waals surface area (Å²) < 4.78 is 8.07. The molecule has 0 N–H and O–H groups in total. The van der Waals surface area contributed by atoms with Crippen LogP contribution in [0.1, 0.15) is 33.5 Å². The van der Waals surface area contributed by atoms with Gasteiger partial charge in [0.1, 0.15) is 11.6 Å². The molecule has 0 amide bonds. The number of aryl methyl sites for hydroxylation is 1. The SMILES string of the molecule is Cc1nccn1-c1cncc(N2CC(C)(C)OC(C)(C)C2)n1. The zero-order valence-corrected chi connectivity index (χ0v) is 13.9. The molecule has 118 valence electrons. The maximum Gasteiger partial charge on any atom is 0.159 e. The van der Waals surface area contributed by atoms with E-state index >= 15 is 0 Å². The van der Waals surface area contributed by atoms with Crippen molar-refractivity contribution < 1.29 is 4.74 Å². The summed E-state index contributed by atoms with van der Waals surface area (Å²) in [6, 6.07) is 0. The van der Waals surface area contributed by atoms with Gasteiger partial charge in [-0.25, -0.2) is 9.97 Å². The highest BCUT2D eigenvalue weighted by atomic mass is 16.5. The minimum Gasteiger partial charge on any atom is -0.366 e. The number of nitrogens with zero attached hydrogens (tertiary/aromatic N) is 5. The molecule has 3 heterocycles. The van der Waals surface area contributed by atoms with Crippen LogP contribution in [0.5, 0.6) is 0 Å². The highest BCUT2D eigenvalue weighted by molar-refractivity contribution is 5.41. The summed E-state index contributed by atoms with van der Waals surface area (Å²) in [6.07, 6.45) is 7.24. The number of rotatable bonds is 2. The number of hydrogen-bond acceptors (Lipinski definition) is 5. The Morgan fingerprint density at radius 2 is 1.68 bits per heavy atom. The van der Waals surface area contributed by atoms with Crippen molar-refractivity contribution in [3.8, 4) is 5.82 Å². The van der Waals surface area contributed by atoms with Crippen molar-refractivity contribution in [3.63, 3.8) is 0 Å². The third kappa shape index (κ3) is 2.97. The Labute approximate surface area is 131 Å². The Balaban J connectivity index is 1.94. The lowest BCUT2D eigenvalue weighted by Crippen LogP contribution is -2.57. The van der Waals surface area contributed by atoms with E-state index in [0.717, 1.165) is 30.5 Å². The van der Waals surface area contributed by atoms with Crippen molar-refractivity contribution >= 4 is 5.82 Å². The summed E-state index contributed by atoms with van der Waals surface area (Å²) >= 11 is 0. The molecule has 2 aromatic heterocycles. The number of imidazole rings is 1. The summed E-state index contributed by atoms with van der Waals surface area (Å²) in [5, 5.41) is 0. The predicted molar refractivity (Wildman–Crippen MR) is 85.3 cm³/mol. The van der Waals surface area contributed by atoms with Gasteiger partial charge in [0, 0.05) is 25.5 Å². The molecule has 1 aliphatic heterocycles. The van der Waals surface area contributed by atoms with Crippen LogP contribution in [0.4, 0.5) is 5.82 Å². The van der Waals surface area contributed by atoms with E-state index in [0.29, 0.717) is 0 Å². The van der Waals surface area contributed by atoms with Crippen molar-refractivity contribution in [2.45, 2.75) is 45.8 Å². The molecule has 0 saturated carbocycles. The Hall–Kier alpha value is -1.95. The summed E-state index contributed by atoms with van der Waals surface area (Å²) in [6.45, 7) is 12.0. The molecule has 6 heteroatoms. The van der Waals surface area contributed by atoms with E-state index < -0.39 is 0 Å². The van der Waals surface area contributed by atoms with Gasteiger partial charge >= 0.3 is 0 Å². The minimum absolute atomic E-state index is 0.218. The first kappa shape index (κ1) is 15.0. The lowest BCUT2D eigenvalue weighted by molar-refractivity contribution is -0.133. The van der Waals surface area contributed by atoms with E-state index in [9.17, 15) is 0 Å². The Kier molecular flexibility index (Phi) is 3.44. The Morgan fingerprint density at radius 1 is 1.05 bits per heavy atom. The standard InChI is InChI=1S/C16H23N5O/c1-12-18-6-7-21(12)14-9-17-8-13(19-14)20-10-15(2,3)22-16(4,5)11-20/h6-9H,10-11H2,1-5H3. The van der Waals surface area contributed by atoms with Gasteiger partial charge in [0.05, 0.1) is 23.6 Å². The summed E-state index contributed by atoms with van der Waals surface area (Å²) in [4.78, 5) is 15.6. The molecule has 22 heavy (non-hydrogen) atoms. The molecule has 6 nitrogen and oxygen atoms in total. The molecule has 0 spiro atoms. The van der Waals surface area contributed by atoms with Crippen LogP contribution < -0.4 is 4.90 Å². The Bertz CT molecular complexity index is 661. The fraction of sp³-hybridized carbons (Fsp3) is 0.562. The fourth-order valence-corrected chi connectivity index (χ4v) is 3.18. The van der Waals surface area contributed by atoms with E-state index in [-0.39, 0.29) is 11.2 Å². The number of ether oxygens (including phenoxy) is 1. The third-order valence-corrected chi connectivity index (χ3v) is 3.70. The first-order valence-electron chi connectivity index (χ1n) is 7.53. The topological polar surface area (TPSA) is 56.1 Å². The highest BCUT2D eigenvalue weighted by Gasteiger charge is 2.38. The van der Waals surface area contributed by atoms with Gasteiger partial charge in [-0.1, -0.05) is 0 Å². The van der Waals surface area contributed by atoms with E-state index in [1.165, 1.54) is 0 Å². The molecule has 3 rings (SSSR count). The van der Waals surface area contributed by atoms with Crippen molar-refractivity contribution in [1.82, 2.24) is 19.5 Å². The molecule has 2 aromatic rings. The lowest BCUT2D eigenvalue weighted by Gasteiger charge is -2.47. The van der Waals surface area contributed by atoms with Crippen LogP contribution in [0.3, 0.4) is 0 Å². The summed E-state index contributed by atoms with van der Waals surface area (Å²) in [5.41, 5.74) is -0.436. The van der Waals surface area contributed by atoms with Gasteiger partial charge in [0.2, 0.25) is 0 Å². The predicted octanol–water partition coefficient (Wildman–Crippen LogP) is 2.36. The van der Waals surface area contributed by atoms with Gasteiger partial charge in [-0.05, 0) is 34.6 Å². The van der Waals surface area contributed by atoms with Crippen LogP contribution in [0.25, 0.3) is 5.82 Å². The van der Waals surface area contributed by atoms with E-state index in [1.54, 1.807) is 12.4 Å². The van der Waals surface area contributed by atoms with Crippen LogP contribution in [-0.4, -0.2) is 43.8 Å². The number of hydrogen-bond donors (Lipinski definition) is 0. The molecule has 0 bridgehead atoms. The maximum atomic E-state index is 6.13. The highest BCUT2D eigenvalue weighted by Crippen LogP contribution is 2.30. The maximum absolute atomic E-state index is 6.13. The van der Waals surface area contributed by atoms with Crippen molar-refractivity contribution in [1.29, 1.82) is 0 Å². The number of anilines is 1. The van der Waals surface area contributed by atoms with Gasteiger partial charge in [-0.2, -0.15) is 0 Å². The van der Waals surface area contributed by atoms with Crippen molar-refractivity contribution in [2.75, 3.05) is 18.0 Å². The molecule has 0 aromatic carbocycles. The van der Waals surface area contributed by atoms with Crippen molar-refractivity contribution in [2.24, 2.45) is 0 Å². The van der Waals surface area contributed by atoms with E-state index in [2.05, 4.69) is 42.6 Å². The molecule has 0 unspecified atom stereocenters. The number of aromatic nitrogens is 4. The van der Waals surface area contributed by atoms with Crippen LogP contribution in [0, 0.1) is 6.92 Å². The van der Waals surface area contributed by atoms with Gasteiger partial charge in [-0.15, -0.1) is 0 Å². The van der Waals surface area contributed by atoms with Crippen LogP contribution in [0.2, 0.25) is 0 Å². The normalized spacial score (nSPS) is 20.1. The molecule has 1 saturated heterocycles. The van der Waals surface area contributed by atoms with E-state index in [4.69, 9.17) is 9.72 Å². The first-order chi connectivity index (χ1) is 10.3. The minimum atomic E-state index is -0.218. The second kappa shape index (κ2) is 5.05. The molecular weight excluding hydrogens is 278 g/mol. The molecule has 1 aliphatic rings. The van der Waals surface area contributed by atoms with Gasteiger partial charge in [0.15, 0.2) is 5.82 Å². The largest absolute Gasteiger partial charge is 0.366 e. The monoisotopic (exact) mass is 301 g/mol.